The van der Waals surface area contributed by atoms with Crippen molar-refractivity contribution in [3.05, 3.63) is 60.2 Å². The van der Waals surface area contributed by atoms with Crippen LogP contribution in [0.2, 0.25) is 0 Å². The average Bonchev–Trinajstić information content (AvgIpc) is 2.65. The fourth-order valence-corrected chi connectivity index (χ4v) is 2.74. The Hall–Kier alpha value is -2.53. The molecule has 0 bridgehead atoms. The molecule has 0 aromatic heterocycles. The maximum atomic E-state index is 13.0. The van der Waals surface area contributed by atoms with E-state index in [4.69, 9.17) is 9.47 Å². The van der Waals surface area contributed by atoms with Crippen molar-refractivity contribution in [2.24, 2.45) is 0 Å². The van der Waals surface area contributed by atoms with Gasteiger partial charge in [-0.25, -0.2) is 0 Å². The largest absolute Gasteiger partial charge is 0.485 e. The Morgan fingerprint density at radius 2 is 1.68 bits per heavy atom. The maximum absolute atomic E-state index is 13.0. The number of fused-ring (bicyclic) bond motifs is 1. The first kappa shape index (κ1) is 17.3. The molecule has 1 amide bonds. The molecule has 0 saturated heterocycles. The minimum Gasteiger partial charge on any atom is -0.485 e. The van der Waals surface area contributed by atoms with Crippen LogP contribution in [0.25, 0.3) is 0 Å². The van der Waals surface area contributed by atoms with Crippen LogP contribution in [0.5, 0.6) is 11.5 Å². The number of carbonyl (C=O) groups excluding carboxylic acids is 1. The van der Waals surface area contributed by atoms with Gasteiger partial charge >= 0.3 is 0 Å². The summed E-state index contributed by atoms with van der Waals surface area (Å²) in [5.41, 5.74) is 1.10. The molecule has 1 aliphatic heterocycles. The third-order valence-corrected chi connectivity index (χ3v) is 4.13. The summed E-state index contributed by atoms with van der Waals surface area (Å²) in [6.07, 6.45) is -0.610. The molecule has 2 aromatic carbocycles. The molecule has 1 atom stereocenters. The van der Waals surface area contributed by atoms with Gasteiger partial charge in [0.05, 0.1) is 0 Å². The number of para-hydroxylation sites is 2. The van der Waals surface area contributed by atoms with Crippen molar-refractivity contribution in [2.45, 2.75) is 12.6 Å². The number of carbonyl (C=O) groups is 1. The van der Waals surface area contributed by atoms with E-state index < -0.39 is 6.10 Å². The lowest BCUT2D eigenvalue weighted by Crippen LogP contribution is -2.47. The monoisotopic (exact) mass is 340 g/mol. The maximum Gasteiger partial charge on any atom is 0.267 e. The molecular weight excluding hydrogens is 316 g/mol. The molecule has 0 spiro atoms. The average molecular weight is 340 g/mol. The number of rotatable bonds is 6. The molecule has 0 N–H and O–H groups in total. The second kappa shape index (κ2) is 8.03. The van der Waals surface area contributed by atoms with E-state index in [0.29, 0.717) is 24.6 Å². The molecule has 132 valence electrons. The summed E-state index contributed by atoms with van der Waals surface area (Å²) in [5, 5.41) is 0. The second-order valence-corrected chi connectivity index (χ2v) is 6.41. The zero-order valence-corrected chi connectivity index (χ0v) is 14.7. The van der Waals surface area contributed by atoms with Crippen LogP contribution in [-0.2, 0) is 11.3 Å². The van der Waals surface area contributed by atoms with Gasteiger partial charge in [-0.1, -0.05) is 42.5 Å². The highest BCUT2D eigenvalue weighted by molar-refractivity contribution is 5.82. The predicted molar refractivity (Wildman–Crippen MR) is 96.8 cm³/mol. The Labute approximate surface area is 148 Å². The standard InChI is InChI=1S/C20H24N2O3/c1-21(2)12-13-22(14-16-8-4-3-5-9-16)20(23)19-15-24-17-10-6-7-11-18(17)25-19/h3-11,19H,12-15H2,1-2H3. The van der Waals surface area contributed by atoms with E-state index in [1.54, 1.807) is 0 Å². The number of benzene rings is 2. The summed E-state index contributed by atoms with van der Waals surface area (Å²) < 4.78 is 11.6. The summed E-state index contributed by atoms with van der Waals surface area (Å²) in [5.74, 6) is 1.27. The third-order valence-electron chi connectivity index (χ3n) is 4.13. The van der Waals surface area contributed by atoms with Crippen molar-refractivity contribution in [3.63, 3.8) is 0 Å². The van der Waals surface area contributed by atoms with Crippen LogP contribution in [0.4, 0.5) is 0 Å². The molecule has 2 aromatic rings. The molecular formula is C20H24N2O3. The molecule has 0 radical (unpaired) electrons. The Morgan fingerprint density at radius 3 is 2.40 bits per heavy atom. The van der Waals surface area contributed by atoms with E-state index in [-0.39, 0.29) is 12.5 Å². The third kappa shape index (κ3) is 4.51. The number of hydrogen-bond donors (Lipinski definition) is 0. The summed E-state index contributed by atoms with van der Waals surface area (Å²) >= 11 is 0. The SMILES string of the molecule is CN(C)CCN(Cc1ccccc1)C(=O)C1COc2ccccc2O1. The van der Waals surface area contributed by atoms with Gasteiger partial charge < -0.3 is 19.3 Å². The van der Waals surface area contributed by atoms with Crippen LogP contribution in [0.1, 0.15) is 5.56 Å². The zero-order chi connectivity index (χ0) is 17.6. The number of ether oxygens (including phenoxy) is 2. The van der Waals surface area contributed by atoms with Gasteiger partial charge in [0.1, 0.15) is 6.61 Å². The van der Waals surface area contributed by atoms with Crippen LogP contribution in [0.3, 0.4) is 0 Å². The van der Waals surface area contributed by atoms with E-state index in [9.17, 15) is 4.79 Å². The molecule has 1 unspecified atom stereocenters. The smallest absolute Gasteiger partial charge is 0.267 e. The van der Waals surface area contributed by atoms with E-state index in [2.05, 4.69) is 4.90 Å². The van der Waals surface area contributed by atoms with Crippen LogP contribution < -0.4 is 9.47 Å². The Morgan fingerprint density at radius 1 is 1.00 bits per heavy atom. The minimum atomic E-state index is -0.610. The van der Waals surface area contributed by atoms with Gasteiger partial charge in [-0.05, 0) is 31.8 Å². The molecule has 3 rings (SSSR count). The van der Waals surface area contributed by atoms with Gasteiger partial charge in [0.2, 0.25) is 6.10 Å². The predicted octanol–water partition coefficient (Wildman–Crippen LogP) is 2.42. The normalized spacial score (nSPS) is 15.9. The van der Waals surface area contributed by atoms with Crippen molar-refractivity contribution in [3.8, 4) is 11.5 Å². The molecule has 0 aliphatic carbocycles. The van der Waals surface area contributed by atoms with E-state index in [0.717, 1.165) is 12.1 Å². The highest BCUT2D eigenvalue weighted by Crippen LogP contribution is 2.31. The quantitative estimate of drug-likeness (QED) is 0.810. The zero-order valence-electron chi connectivity index (χ0n) is 14.7. The van der Waals surface area contributed by atoms with Crippen molar-refractivity contribution < 1.29 is 14.3 Å². The first-order valence-corrected chi connectivity index (χ1v) is 8.49. The molecule has 25 heavy (non-hydrogen) atoms. The van der Waals surface area contributed by atoms with Crippen LogP contribution in [0.15, 0.2) is 54.6 Å². The van der Waals surface area contributed by atoms with Crippen molar-refractivity contribution in [1.82, 2.24) is 9.80 Å². The first-order valence-electron chi connectivity index (χ1n) is 8.49. The van der Waals surface area contributed by atoms with Crippen molar-refractivity contribution in [1.29, 1.82) is 0 Å². The van der Waals surface area contributed by atoms with Gasteiger partial charge in [0.15, 0.2) is 11.5 Å². The highest BCUT2D eigenvalue weighted by Gasteiger charge is 2.31. The Balaban J connectivity index is 1.72. The molecule has 5 nitrogen and oxygen atoms in total. The molecule has 5 heteroatoms. The van der Waals surface area contributed by atoms with Gasteiger partial charge in [-0.3, -0.25) is 4.79 Å². The highest BCUT2D eigenvalue weighted by atomic mass is 16.6. The first-order chi connectivity index (χ1) is 12.1. The lowest BCUT2D eigenvalue weighted by molar-refractivity contribution is -0.142. The number of amides is 1. The van der Waals surface area contributed by atoms with Gasteiger partial charge in [0, 0.05) is 19.6 Å². The number of nitrogens with zero attached hydrogens (tertiary/aromatic N) is 2. The van der Waals surface area contributed by atoms with E-state index in [1.807, 2.05) is 73.6 Å². The minimum absolute atomic E-state index is 0.0415. The van der Waals surface area contributed by atoms with E-state index in [1.165, 1.54) is 0 Å². The molecule has 1 aliphatic rings. The number of likely N-dealkylation sites (N-methyl/N-ethyl adjacent to an activating group) is 1. The summed E-state index contributed by atoms with van der Waals surface area (Å²) in [6.45, 7) is 2.24. The fraction of sp³-hybridized carbons (Fsp3) is 0.350. The second-order valence-electron chi connectivity index (χ2n) is 6.41. The van der Waals surface area contributed by atoms with Gasteiger partial charge in [-0.15, -0.1) is 0 Å². The van der Waals surface area contributed by atoms with Crippen LogP contribution in [-0.4, -0.2) is 55.6 Å². The summed E-state index contributed by atoms with van der Waals surface area (Å²) in [4.78, 5) is 16.9. The molecule has 0 saturated carbocycles. The molecule has 0 fully saturated rings. The van der Waals surface area contributed by atoms with Gasteiger partial charge in [0.25, 0.3) is 5.91 Å². The van der Waals surface area contributed by atoms with Crippen molar-refractivity contribution >= 4 is 5.91 Å². The van der Waals surface area contributed by atoms with E-state index >= 15 is 0 Å². The summed E-state index contributed by atoms with van der Waals surface area (Å²) in [7, 11) is 4.00. The topological polar surface area (TPSA) is 42.0 Å². The van der Waals surface area contributed by atoms with Gasteiger partial charge in [-0.2, -0.15) is 0 Å². The number of hydrogen-bond acceptors (Lipinski definition) is 4. The van der Waals surface area contributed by atoms with Crippen LogP contribution in [0, 0.1) is 0 Å². The van der Waals surface area contributed by atoms with Crippen LogP contribution >= 0.6 is 0 Å². The fourth-order valence-electron chi connectivity index (χ4n) is 2.74. The lowest BCUT2D eigenvalue weighted by Gasteiger charge is -2.31. The molecule has 1 heterocycles. The Kier molecular flexibility index (Phi) is 5.56. The summed E-state index contributed by atoms with van der Waals surface area (Å²) in [6, 6.07) is 17.5. The lowest BCUT2D eigenvalue weighted by atomic mass is 10.2. The Bertz CT molecular complexity index is 703. The van der Waals surface area contributed by atoms with Crippen molar-refractivity contribution in [2.75, 3.05) is 33.8 Å².